The van der Waals surface area contributed by atoms with E-state index in [1.165, 1.54) is 31.4 Å². The van der Waals surface area contributed by atoms with Crippen LogP contribution in [0.5, 0.6) is 11.5 Å². The fraction of sp³-hybridized carbons (Fsp3) is 0.333. The highest BCUT2D eigenvalue weighted by molar-refractivity contribution is 5.97. The summed E-state index contributed by atoms with van der Waals surface area (Å²) >= 11 is 0. The zero-order valence-corrected chi connectivity index (χ0v) is 13.4. The molecule has 6 nitrogen and oxygen atoms in total. The van der Waals surface area contributed by atoms with Crippen LogP contribution >= 0.6 is 0 Å². The van der Waals surface area contributed by atoms with Crippen LogP contribution in [0.15, 0.2) is 30.4 Å². The molecule has 1 aliphatic rings. The Bertz CT molecular complexity index is 674. The van der Waals surface area contributed by atoms with E-state index in [2.05, 4.69) is 0 Å². The van der Waals surface area contributed by atoms with Crippen LogP contribution in [-0.4, -0.2) is 41.8 Å². The Morgan fingerprint density at radius 2 is 2.04 bits per heavy atom. The largest absolute Gasteiger partial charge is 0.507 e. The van der Waals surface area contributed by atoms with E-state index in [4.69, 9.17) is 9.47 Å². The van der Waals surface area contributed by atoms with E-state index >= 15 is 0 Å². The summed E-state index contributed by atoms with van der Waals surface area (Å²) in [6, 6.07) is 2.89. The van der Waals surface area contributed by atoms with Gasteiger partial charge in [-0.3, -0.25) is 4.79 Å². The molecule has 0 bridgehead atoms. The SMILES string of the molecule is COc1cc(O)c2c(c1)/C=C/C(O)CCC(=O)/C=C\CCOC2=O. The number of ether oxygens (including phenoxy) is 2. The molecule has 0 aromatic heterocycles. The van der Waals surface area contributed by atoms with E-state index in [1.807, 2.05) is 0 Å². The van der Waals surface area contributed by atoms with Gasteiger partial charge in [0.1, 0.15) is 17.1 Å². The van der Waals surface area contributed by atoms with Gasteiger partial charge in [-0.15, -0.1) is 0 Å². The maximum absolute atomic E-state index is 12.2. The number of aromatic hydroxyl groups is 1. The number of allylic oxidation sites excluding steroid dienone is 1. The Morgan fingerprint density at radius 3 is 2.79 bits per heavy atom. The first-order valence-corrected chi connectivity index (χ1v) is 7.65. The molecule has 1 unspecified atom stereocenters. The normalized spacial score (nSPS) is 22.0. The van der Waals surface area contributed by atoms with Gasteiger partial charge in [0, 0.05) is 12.5 Å². The second kappa shape index (κ2) is 8.31. The summed E-state index contributed by atoms with van der Waals surface area (Å²) in [5.74, 6) is -0.657. The quantitative estimate of drug-likeness (QED) is 0.766. The number of cyclic esters (lactones) is 1. The van der Waals surface area contributed by atoms with E-state index in [-0.39, 0.29) is 36.5 Å². The number of rotatable bonds is 1. The molecule has 1 aliphatic heterocycles. The first-order chi connectivity index (χ1) is 11.5. The van der Waals surface area contributed by atoms with Gasteiger partial charge in [0.2, 0.25) is 0 Å². The third kappa shape index (κ3) is 4.70. The minimum absolute atomic E-state index is 0.0105. The van der Waals surface area contributed by atoms with Crippen LogP contribution in [0.4, 0.5) is 0 Å². The molecule has 0 saturated carbocycles. The number of aliphatic hydroxyl groups excluding tert-OH is 1. The molecule has 1 heterocycles. The molecule has 0 fully saturated rings. The Kier molecular flexibility index (Phi) is 6.14. The van der Waals surface area contributed by atoms with Gasteiger partial charge in [-0.25, -0.2) is 4.79 Å². The second-order valence-corrected chi connectivity index (χ2v) is 5.37. The number of hydrogen-bond acceptors (Lipinski definition) is 6. The van der Waals surface area contributed by atoms with Crippen molar-refractivity contribution in [2.75, 3.05) is 13.7 Å². The van der Waals surface area contributed by atoms with Crippen molar-refractivity contribution >= 4 is 17.8 Å². The molecule has 0 aliphatic carbocycles. The molecule has 2 rings (SSSR count). The summed E-state index contributed by atoms with van der Waals surface area (Å²) in [6.07, 6.45) is 6.06. The number of phenols is 1. The van der Waals surface area contributed by atoms with E-state index < -0.39 is 12.1 Å². The first-order valence-electron chi connectivity index (χ1n) is 7.65. The minimum atomic E-state index is -0.845. The Morgan fingerprint density at radius 1 is 1.25 bits per heavy atom. The van der Waals surface area contributed by atoms with E-state index in [1.54, 1.807) is 12.1 Å². The monoisotopic (exact) mass is 332 g/mol. The molecule has 0 radical (unpaired) electrons. The highest BCUT2D eigenvalue weighted by Gasteiger charge is 2.19. The lowest BCUT2D eigenvalue weighted by Crippen LogP contribution is -2.10. The van der Waals surface area contributed by atoms with Crippen LogP contribution in [0.3, 0.4) is 0 Å². The number of fused-ring (bicyclic) bond motifs is 1. The summed E-state index contributed by atoms with van der Waals surface area (Å²) in [5.41, 5.74) is 0.381. The molecule has 0 amide bonds. The fourth-order valence-corrected chi connectivity index (χ4v) is 2.28. The van der Waals surface area contributed by atoms with Gasteiger partial charge in [-0.2, -0.15) is 0 Å². The summed E-state index contributed by atoms with van der Waals surface area (Å²) in [5, 5.41) is 20.1. The highest BCUT2D eigenvalue weighted by atomic mass is 16.5. The smallest absolute Gasteiger partial charge is 0.342 e. The Hall–Kier alpha value is -2.60. The van der Waals surface area contributed by atoms with Gasteiger partial charge in [0.15, 0.2) is 5.78 Å². The third-order valence-electron chi connectivity index (χ3n) is 3.57. The predicted molar refractivity (Wildman–Crippen MR) is 88.0 cm³/mol. The summed E-state index contributed by atoms with van der Waals surface area (Å²) in [6.45, 7) is 0.0971. The second-order valence-electron chi connectivity index (χ2n) is 5.37. The van der Waals surface area contributed by atoms with Crippen LogP contribution < -0.4 is 4.74 Å². The van der Waals surface area contributed by atoms with E-state index in [0.29, 0.717) is 17.7 Å². The Balaban J connectivity index is 2.39. The van der Waals surface area contributed by atoms with E-state index in [0.717, 1.165) is 0 Å². The lowest BCUT2D eigenvalue weighted by Gasteiger charge is -2.12. The van der Waals surface area contributed by atoms with E-state index in [9.17, 15) is 19.8 Å². The average Bonchev–Trinajstić information content (AvgIpc) is 2.56. The van der Waals surface area contributed by atoms with Crippen LogP contribution in [-0.2, 0) is 9.53 Å². The van der Waals surface area contributed by atoms with Crippen molar-refractivity contribution in [3.05, 3.63) is 41.5 Å². The number of carbonyl (C=O) groups excluding carboxylic acids is 2. The van der Waals surface area contributed by atoms with Crippen molar-refractivity contribution in [1.29, 1.82) is 0 Å². The minimum Gasteiger partial charge on any atom is -0.507 e. The van der Waals surface area contributed by atoms with Crippen LogP contribution in [0.2, 0.25) is 0 Å². The van der Waals surface area contributed by atoms with Gasteiger partial charge >= 0.3 is 5.97 Å². The molecular formula is C18H20O6. The average molecular weight is 332 g/mol. The van der Waals surface area contributed by atoms with Crippen molar-refractivity contribution in [1.82, 2.24) is 0 Å². The van der Waals surface area contributed by atoms with Crippen molar-refractivity contribution in [3.63, 3.8) is 0 Å². The van der Waals surface area contributed by atoms with Gasteiger partial charge < -0.3 is 19.7 Å². The fourth-order valence-electron chi connectivity index (χ4n) is 2.28. The zero-order valence-electron chi connectivity index (χ0n) is 13.4. The summed E-state index contributed by atoms with van der Waals surface area (Å²) in [7, 11) is 1.44. The first kappa shape index (κ1) is 17.7. The Labute approximate surface area is 140 Å². The van der Waals surface area contributed by atoms with Gasteiger partial charge in [-0.1, -0.05) is 18.2 Å². The molecule has 0 spiro atoms. The van der Waals surface area contributed by atoms with Crippen molar-refractivity contribution < 1.29 is 29.3 Å². The third-order valence-corrected chi connectivity index (χ3v) is 3.57. The number of esters is 1. The van der Waals surface area contributed by atoms with Crippen LogP contribution in [0.1, 0.15) is 35.2 Å². The maximum atomic E-state index is 12.2. The van der Waals surface area contributed by atoms with Crippen molar-refractivity contribution in [2.45, 2.75) is 25.4 Å². The molecule has 1 aromatic carbocycles. The molecule has 128 valence electrons. The maximum Gasteiger partial charge on any atom is 0.342 e. The van der Waals surface area contributed by atoms with Gasteiger partial charge in [0.25, 0.3) is 0 Å². The number of carbonyl (C=O) groups is 2. The zero-order chi connectivity index (χ0) is 17.5. The number of hydrogen-bond donors (Lipinski definition) is 2. The molecule has 2 N–H and O–H groups in total. The molecule has 1 atom stereocenters. The van der Waals surface area contributed by atoms with Crippen molar-refractivity contribution in [3.8, 4) is 11.5 Å². The number of phenolic OH excluding ortho intramolecular Hbond substituents is 1. The standard InChI is InChI=1S/C18H20O6/c1-23-15-10-12-5-6-14(20)8-7-13(19)4-2-3-9-24-18(22)17(12)16(21)11-15/h2,4-6,10-11,14,20-21H,3,7-9H2,1H3/b4-2-,6-5+. The topological polar surface area (TPSA) is 93.1 Å². The number of methoxy groups -OCH3 is 1. The number of benzene rings is 1. The molecule has 6 heteroatoms. The molecule has 0 saturated heterocycles. The molecule has 24 heavy (non-hydrogen) atoms. The van der Waals surface area contributed by atoms with Gasteiger partial charge in [-0.05, 0) is 30.5 Å². The van der Waals surface area contributed by atoms with Crippen LogP contribution in [0, 0.1) is 0 Å². The van der Waals surface area contributed by atoms with Crippen molar-refractivity contribution in [2.24, 2.45) is 0 Å². The predicted octanol–water partition coefficient (Wildman–Crippen LogP) is 2.24. The van der Waals surface area contributed by atoms with Gasteiger partial charge in [0.05, 0.1) is 19.8 Å². The highest BCUT2D eigenvalue weighted by Crippen LogP contribution is 2.30. The lowest BCUT2D eigenvalue weighted by molar-refractivity contribution is -0.115. The lowest BCUT2D eigenvalue weighted by atomic mass is 10.0. The summed E-state index contributed by atoms with van der Waals surface area (Å²) < 4.78 is 10.2. The molecular weight excluding hydrogens is 312 g/mol. The molecule has 1 aromatic rings. The number of aliphatic hydroxyl groups is 1. The number of ketones is 1. The van der Waals surface area contributed by atoms with Crippen LogP contribution in [0.25, 0.3) is 6.08 Å². The summed E-state index contributed by atoms with van der Waals surface area (Å²) in [4.78, 5) is 23.8.